The number of hydrogen-bond acceptors (Lipinski definition) is 2. The zero-order valence-electron chi connectivity index (χ0n) is 6.33. The quantitative estimate of drug-likeness (QED) is 0.517. The van der Waals surface area contributed by atoms with Crippen molar-refractivity contribution >= 4 is 5.57 Å². The molecule has 2 heterocycles. The Bertz CT molecular complexity index is 429. The van der Waals surface area contributed by atoms with Crippen molar-refractivity contribution in [1.82, 2.24) is 4.98 Å². The Balaban J connectivity index is 3.00. The van der Waals surface area contributed by atoms with E-state index in [4.69, 9.17) is 0 Å². The minimum atomic E-state index is 0.801. The van der Waals surface area contributed by atoms with Gasteiger partial charge in [0.2, 0.25) is 0 Å². The summed E-state index contributed by atoms with van der Waals surface area (Å²) in [6.07, 6.45) is 1.74. The molecule has 0 unspecified atom stereocenters. The summed E-state index contributed by atoms with van der Waals surface area (Å²) < 4.78 is 0. The molecule has 1 aliphatic heterocycles. The third-order valence-electron chi connectivity index (χ3n) is 1.86. The number of hydrogen-bond donors (Lipinski definition) is 0. The van der Waals surface area contributed by atoms with Crippen LogP contribution in [0.5, 0.6) is 0 Å². The van der Waals surface area contributed by atoms with Crippen molar-refractivity contribution in [2.45, 2.75) is 6.92 Å². The smallest absolute Gasteiger partial charge is 0.160 e. The van der Waals surface area contributed by atoms with Crippen molar-refractivity contribution in [1.29, 1.82) is 0 Å². The molecule has 2 nitrogen and oxygen atoms in total. The van der Waals surface area contributed by atoms with Crippen LogP contribution in [-0.4, -0.2) is 4.98 Å². The summed E-state index contributed by atoms with van der Waals surface area (Å²) in [7, 11) is 0. The molecule has 1 aliphatic rings. The molecule has 2 rings (SSSR count). The lowest BCUT2D eigenvalue weighted by Crippen LogP contribution is -2.25. The summed E-state index contributed by atoms with van der Waals surface area (Å²) >= 11 is 0. The van der Waals surface area contributed by atoms with Gasteiger partial charge in [0.15, 0.2) is 5.49 Å². The largest absolute Gasteiger partial charge is 0.237 e. The second kappa shape index (κ2) is 2.02. The van der Waals surface area contributed by atoms with Gasteiger partial charge in [-0.3, -0.25) is 0 Å². The van der Waals surface area contributed by atoms with Crippen molar-refractivity contribution in [2.75, 3.05) is 0 Å². The van der Waals surface area contributed by atoms with Gasteiger partial charge in [0.05, 0.1) is 5.70 Å². The van der Waals surface area contributed by atoms with Gasteiger partial charge in [0, 0.05) is 11.4 Å². The zero-order chi connectivity index (χ0) is 7.84. The SMILES string of the molecule is C=C1N=c2ncccc2=C1C. The maximum Gasteiger partial charge on any atom is 0.160 e. The van der Waals surface area contributed by atoms with Crippen LogP contribution >= 0.6 is 0 Å². The average molecular weight is 144 g/mol. The van der Waals surface area contributed by atoms with E-state index < -0.39 is 0 Å². The van der Waals surface area contributed by atoms with Crippen LogP contribution in [0.2, 0.25) is 0 Å². The standard InChI is InChI=1S/C9H8N2/c1-6-7(2)11-9-8(6)4-3-5-10-9/h3-5H,2H2,1H3. The van der Waals surface area contributed by atoms with E-state index in [0.717, 1.165) is 22.0 Å². The third kappa shape index (κ3) is 0.792. The van der Waals surface area contributed by atoms with Gasteiger partial charge < -0.3 is 0 Å². The number of fused-ring (bicyclic) bond motifs is 1. The molecule has 0 amide bonds. The van der Waals surface area contributed by atoms with Crippen molar-refractivity contribution in [3.8, 4) is 0 Å². The molecule has 0 fully saturated rings. The number of allylic oxidation sites excluding steroid dienone is 1. The van der Waals surface area contributed by atoms with Crippen LogP contribution in [0.15, 0.2) is 35.6 Å². The van der Waals surface area contributed by atoms with Crippen molar-refractivity contribution in [2.24, 2.45) is 4.99 Å². The highest BCUT2D eigenvalue weighted by Crippen LogP contribution is 2.07. The molecule has 0 radical (unpaired) electrons. The van der Waals surface area contributed by atoms with Gasteiger partial charge in [-0.05, 0) is 24.6 Å². The molecule has 0 spiro atoms. The minimum absolute atomic E-state index is 0.801. The van der Waals surface area contributed by atoms with E-state index in [2.05, 4.69) is 16.6 Å². The molecule has 0 atom stereocenters. The van der Waals surface area contributed by atoms with Gasteiger partial charge in [-0.15, -0.1) is 0 Å². The molecule has 2 heteroatoms. The van der Waals surface area contributed by atoms with E-state index in [9.17, 15) is 0 Å². The normalized spacial score (nSPS) is 14.6. The summed E-state index contributed by atoms with van der Waals surface area (Å²) in [5.41, 5.74) is 2.77. The van der Waals surface area contributed by atoms with Crippen molar-refractivity contribution in [3.05, 3.63) is 41.3 Å². The molecular weight excluding hydrogens is 136 g/mol. The molecule has 1 aromatic heterocycles. The zero-order valence-corrected chi connectivity index (χ0v) is 6.33. The fourth-order valence-electron chi connectivity index (χ4n) is 1.15. The first kappa shape index (κ1) is 6.28. The fourth-order valence-corrected chi connectivity index (χ4v) is 1.15. The van der Waals surface area contributed by atoms with Crippen LogP contribution in [0.1, 0.15) is 6.92 Å². The number of aromatic nitrogens is 1. The summed E-state index contributed by atoms with van der Waals surface area (Å²) in [6, 6.07) is 3.93. The van der Waals surface area contributed by atoms with Crippen molar-refractivity contribution in [3.63, 3.8) is 0 Å². The predicted molar refractivity (Wildman–Crippen MR) is 43.2 cm³/mol. The summed E-state index contributed by atoms with van der Waals surface area (Å²) in [5, 5.41) is 1.11. The lowest BCUT2D eigenvalue weighted by Gasteiger charge is -1.87. The average Bonchev–Trinajstić information content (AvgIpc) is 2.30. The van der Waals surface area contributed by atoms with E-state index in [1.165, 1.54) is 0 Å². The van der Waals surface area contributed by atoms with Crippen LogP contribution in [0.25, 0.3) is 5.57 Å². The molecule has 0 N–H and O–H groups in total. The molecule has 54 valence electrons. The van der Waals surface area contributed by atoms with Crippen LogP contribution < -0.4 is 10.7 Å². The van der Waals surface area contributed by atoms with E-state index in [1.54, 1.807) is 6.20 Å². The molecule has 11 heavy (non-hydrogen) atoms. The Morgan fingerprint density at radius 1 is 1.45 bits per heavy atom. The van der Waals surface area contributed by atoms with E-state index in [1.807, 2.05) is 19.1 Å². The van der Waals surface area contributed by atoms with E-state index >= 15 is 0 Å². The van der Waals surface area contributed by atoms with Crippen molar-refractivity contribution < 1.29 is 0 Å². The Morgan fingerprint density at radius 3 is 3.00 bits per heavy atom. The van der Waals surface area contributed by atoms with Gasteiger partial charge in [-0.1, -0.05) is 6.58 Å². The second-order valence-electron chi connectivity index (χ2n) is 2.56. The molecule has 0 bridgehead atoms. The van der Waals surface area contributed by atoms with Gasteiger partial charge >= 0.3 is 0 Å². The van der Waals surface area contributed by atoms with E-state index in [-0.39, 0.29) is 0 Å². The predicted octanol–water partition coefficient (Wildman–Crippen LogP) is 0.399. The Hall–Kier alpha value is -1.44. The third-order valence-corrected chi connectivity index (χ3v) is 1.86. The second-order valence-corrected chi connectivity index (χ2v) is 2.56. The lowest BCUT2D eigenvalue weighted by molar-refractivity contribution is 1.13. The Morgan fingerprint density at radius 2 is 2.27 bits per heavy atom. The van der Waals surface area contributed by atoms with Crippen LogP contribution in [0, 0.1) is 0 Å². The fraction of sp³-hybridized carbons (Fsp3) is 0.111. The van der Waals surface area contributed by atoms with Gasteiger partial charge in [0.1, 0.15) is 0 Å². The maximum absolute atomic E-state index is 4.19. The highest BCUT2D eigenvalue weighted by molar-refractivity contribution is 5.61. The highest BCUT2D eigenvalue weighted by atomic mass is 14.9. The van der Waals surface area contributed by atoms with Crippen LogP contribution in [0.3, 0.4) is 0 Å². The molecule has 0 aliphatic carbocycles. The lowest BCUT2D eigenvalue weighted by atomic mass is 10.2. The number of pyridine rings is 1. The monoisotopic (exact) mass is 144 g/mol. The maximum atomic E-state index is 4.19. The molecule has 0 saturated carbocycles. The molecule has 0 aromatic carbocycles. The Labute approximate surface area is 64.6 Å². The summed E-state index contributed by atoms with van der Waals surface area (Å²) in [6.45, 7) is 5.82. The Kier molecular flexibility index (Phi) is 1.15. The van der Waals surface area contributed by atoms with Gasteiger partial charge in [-0.25, -0.2) is 9.98 Å². The molecule has 0 saturated heterocycles. The number of rotatable bonds is 0. The first-order chi connectivity index (χ1) is 5.29. The minimum Gasteiger partial charge on any atom is -0.237 e. The van der Waals surface area contributed by atoms with Crippen LogP contribution in [-0.2, 0) is 0 Å². The summed E-state index contributed by atoms with van der Waals surface area (Å²) in [4.78, 5) is 8.30. The number of nitrogens with zero attached hydrogens (tertiary/aromatic N) is 2. The van der Waals surface area contributed by atoms with E-state index in [0.29, 0.717) is 0 Å². The topological polar surface area (TPSA) is 25.2 Å². The van der Waals surface area contributed by atoms with Gasteiger partial charge in [0.25, 0.3) is 0 Å². The first-order valence-electron chi connectivity index (χ1n) is 3.49. The van der Waals surface area contributed by atoms with Crippen LogP contribution in [0.4, 0.5) is 0 Å². The van der Waals surface area contributed by atoms with Gasteiger partial charge in [-0.2, -0.15) is 0 Å². The first-order valence-corrected chi connectivity index (χ1v) is 3.49. The summed E-state index contributed by atoms with van der Waals surface area (Å²) in [5.74, 6) is 0. The molecule has 1 aromatic rings. The molecular formula is C9H8N2. The highest BCUT2D eigenvalue weighted by Gasteiger charge is 2.04.